The zero-order valence-corrected chi connectivity index (χ0v) is 9.72. The second-order valence-electron chi connectivity index (χ2n) is 3.44. The molecule has 0 aliphatic carbocycles. The number of rotatable bonds is 5. The van der Waals surface area contributed by atoms with E-state index in [-0.39, 0.29) is 5.91 Å². The number of carbonyl (C=O) groups excluding carboxylic acids is 1. The van der Waals surface area contributed by atoms with Gasteiger partial charge in [0.15, 0.2) is 0 Å². The average molecular weight is 219 g/mol. The molecule has 1 amide bonds. The van der Waals surface area contributed by atoms with Gasteiger partial charge in [0.05, 0.1) is 7.11 Å². The minimum absolute atomic E-state index is 0.143. The first-order chi connectivity index (χ1) is 7.74. The van der Waals surface area contributed by atoms with Gasteiger partial charge in [-0.15, -0.1) is 0 Å². The van der Waals surface area contributed by atoms with Crippen molar-refractivity contribution in [1.29, 1.82) is 0 Å². The van der Waals surface area contributed by atoms with Crippen molar-refractivity contribution in [2.24, 2.45) is 0 Å². The molecule has 0 radical (unpaired) electrons. The van der Waals surface area contributed by atoms with E-state index in [0.717, 1.165) is 12.8 Å². The molecular formula is C13H17NO2. The van der Waals surface area contributed by atoms with Gasteiger partial charge in [0.2, 0.25) is 0 Å². The molecule has 3 nitrogen and oxygen atoms in total. The van der Waals surface area contributed by atoms with E-state index in [1.165, 1.54) is 23.8 Å². The van der Waals surface area contributed by atoms with Crippen molar-refractivity contribution in [3.05, 3.63) is 48.0 Å². The maximum atomic E-state index is 11.3. The molecule has 0 saturated carbocycles. The standard InChI is InChI=1S/C13H17NO2/c1-14(16-2)13(15)11-7-6-10-12-8-4-3-5-9-12/h3-5,7-9,11H,6,10H2,1-2H3/b11-7-. The van der Waals surface area contributed by atoms with Crippen molar-refractivity contribution in [3.63, 3.8) is 0 Å². The maximum Gasteiger partial charge on any atom is 0.269 e. The number of hydrogen-bond acceptors (Lipinski definition) is 2. The third-order valence-electron chi connectivity index (χ3n) is 2.29. The van der Waals surface area contributed by atoms with E-state index in [9.17, 15) is 4.79 Å². The normalized spacial score (nSPS) is 10.6. The summed E-state index contributed by atoms with van der Waals surface area (Å²) in [5, 5.41) is 1.19. The third-order valence-corrected chi connectivity index (χ3v) is 2.29. The van der Waals surface area contributed by atoms with Crippen LogP contribution in [0, 0.1) is 0 Å². The molecule has 86 valence electrons. The quantitative estimate of drug-likeness (QED) is 0.561. The Morgan fingerprint density at radius 2 is 2.06 bits per heavy atom. The molecular weight excluding hydrogens is 202 g/mol. The molecule has 1 aromatic carbocycles. The number of allylic oxidation sites excluding steroid dienone is 1. The van der Waals surface area contributed by atoms with Crippen LogP contribution in [0.15, 0.2) is 42.5 Å². The number of likely N-dealkylation sites (N-methyl/N-ethyl adjacent to an activating group) is 1. The summed E-state index contributed by atoms with van der Waals surface area (Å²) in [4.78, 5) is 16.1. The first kappa shape index (κ1) is 12.5. The van der Waals surface area contributed by atoms with Gasteiger partial charge in [0.25, 0.3) is 5.91 Å². The molecule has 0 unspecified atom stereocenters. The molecule has 1 aromatic rings. The molecule has 0 atom stereocenters. The summed E-state index contributed by atoms with van der Waals surface area (Å²) >= 11 is 0. The fourth-order valence-electron chi connectivity index (χ4n) is 1.27. The summed E-state index contributed by atoms with van der Waals surface area (Å²) in [5.74, 6) is -0.143. The maximum absolute atomic E-state index is 11.3. The smallest absolute Gasteiger partial charge is 0.269 e. The summed E-state index contributed by atoms with van der Waals surface area (Å²) in [6, 6.07) is 10.2. The van der Waals surface area contributed by atoms with Gasteiger partial charge in [0.1, 0.15) is 0 Å². The van der Waals surface area contributed by atoms with Gasteiger partial charge in [-0.2, -0.15) is 0 Å². The van der Waals surface area contributed by atoms with Crippen LogP contribution in [0.4, 0.5) is 0 Å². The Bertz CT molecular complexity index is 346. The Labute approximate surface area is 96.3 Å². The van der Waals surface area contributed by atoms with Gasteiger partial charge in [-0.25, -0.2) is 5.06 Å². The van der Waals surface area contributed by atoms with Crippen LogP contribution in [-0.2, 0) is 16.1 Å². The molecule has 0 spiro atoms. The Balaban J connectivity index is 2.30. The van der Waals surface area contributed by atoms with Crippen molar-refractivity contribution >= 4 is 5.91 Å². The fourth-order valence-corrected chi connectivity index (χ4v) is 1.27. The number of amides is 1. The van der Waals surface area contributed by atoms with Gasteiger partial charge < -0.3 is 0 Å². The summed E-state index contributed by atoms with van der Waals surface area (Å²) < 4.78 is 0. The van der Waals surface area contributed by atoms with Crippen LogP contribution >= 0.6 is 0 Å². The number of carbonyl (C=O) groups is 1. The largest absolute Gasteiger partial charge is 0.274 e. The van der Waals surface area contributed by atoms with Crippen molar-refractivity contribution in [1.82, 2.24) is 5.06 Å². The van der Waals surface area contributed by atoms with E-state index < -0.39 is 0 Å². The molecule has 0 saturated heterocycles. The van der Waals surface area contributed by atoms with Gasteiger partial charge >= 0.3 is 0 Å². The Kier molecular flexibility index (Phi) is 5.29. The molecule has 0 aromatic heterocycles. The average Bonchev–Trinajstić information content (AvgIpc) is 2.34. The molecule has 0 heterocycles. The van der Waals surface area contributed by atoms with Crippen LogP contribution < -0.4 is 0 Å². The molecule has 0 aliphatic rings. The molecule has 0 fully saturated rings. The predicted octanol–water partition coefficient (Wildman–Crippen LogP) is 2.20. The highest BCUT2D eigenvalue weighted by molar-refractivity contribution is 5.86. The number of nitrogens with zero attached hydrogens (tertiary/aromatic N) is 1. The lowest BCUT2D eigenvalue weighted by Gasteiger charge is -2.09. The van der Waals surface area contributed by atoms with Crippen LogP contribution in [0.1, 0.15) is 12.0 Å². The first-order valence-corrected chi connectivity index (χ1v) is 5.26. The van der Waals surface area contributed by atoms with Crippen molar-refractivity contribution in [3.8, 4) is 0 Å². The third kappa shape index (κ3) is 4.28. The van der Waals surface area contributed by atoms with E-state index in [1.54, 1.807) is 7.05 Å². The molecule has 16 heavy (non-hydrogen) atoms. The van der Waals surface area contributed by atoms with Crippen LogP contribution in [0.25, 0.3) is 0 Å². The van der Waals surface area contributed by atoms with E-state index in [2.05, 4.69) is 12.1 Å². The van der Waals surface area contributed by atoms with Gasteiger partial charge in [0, 0.05) is 13.1 Å². The highest BCUT2D eigenvalue weighted by Gasteiger charge is 2.00. The van der Waals surface area contributed by atoms with E-state index >= 15 is 0 Å². The molecule has 3 heteroatoms. The van der Waals surface area contributed by atoms with Gasteiger partial charge in [-0.1, -0.05) is 36.4 Å². The lowest BCUT2D eigenvalue weighted by Crippen LogP contribution is -2.23. The minimum Gasteiger partial charge on any atom is -0.274 e. The number of aryl methyl sites for hydroxylation is 1. The van der Waals surface area contributed by atoms with Crippen molar-refractivity contribution in [2.75, 3.05) is 14.2 Å². The predicted molar refractivity (Wildman–Crippen MR) is 63.7 cm³/mol. The number of hydroxylamine groups is 2. The molecule has 0 bridgehead atoms. The van der Waals surface area contributed by atoms with Crippen LogP contribution in [-0.4, -0.2) is 25.1 Å². The second-order valence-corrected chi connectivity index (χ2v) is 3.44. The topological polar surface area (TPSA) is 29.5 Å². The zero-order chi connectivity index (χ0) is 11.8. The van der Waals surface area contributed by atoms with Gasteiger partial charge in [-0.3, -0.25) is 9.63 Å². The van der Waals surface area contributed by atoms with Crippen molar-refractivity contribution < 1.29 is 9.63 Å². The lowest BCUT2D eigenvalue weighted by molar-refractivity contribution is -0.162. The SMILES string of the molecule is CON(C)C(=O)/C=C\CCc1ccccc1. The molecule has 1 rings (SSSR count). The molecule has 0 aliphatic heterocycles. The first-order valence-electron chi connectivity index (χ1n) is 5.26. The fraction of sp³-hybridized carbons (Fsp3) is 0.308. The second kappa shape index (κ2) is 6.80. The van der Waals surface area contributed by atoms with E-state index in [0.29, 0.717) is 0 Å². The highest BCUT2D eigenvalue weighted by Crippen LogP contribution is 2.02. The Hall–Kier alpha value is -1.61. The van der Waals surface area contributed by atoms with E-state index in [1.807, 2.05) is 24.3 Å². The minimum atomic E-state index is -0.143. The number of benzene rings is 1. The van der Waals surface area contributed by atoms with Crippen LogP contribution in [0.3, 0.4) is 0 Å². The van der Waals surface area contributed by atoms with Gasteiger partial charge in [-0.05, 0) is 18.4 Å². The zero-order valence-electron chi connectivity index (χ0n) is 9.72. The van der Waals surface area contributed by atoms with Crippen LogP contribution in [0.5, 0.6) is 0 Å². The number of hydrogen-bond donors (Lipinski definition) is 0. The Morgan fingerprint density at radius 1 is 1.38 bits per heavy atom. The molecule has 0 N–H and O–H groups in total. The van der Waals surface area contributed by atoms with Crippen molar-refractivity contribution in [2.45, 2.75) is 12.8 Å². The van der Waals surface area contributed by atoms with E-state index in [4.69, 9.17) is 4.84 Å². The summed E-state index contributed by atoms with van der Waals surface area (Å²) in [6.45, 7) is 0. The Morgan fingerprint density at radius 3 is 2.69 bits per heavy atom. The lowest BCUT2D eigenvalue weighted by atomic mass is 10.1. The summed E-state index contributed by atoms with van der Waals surface area (Å²) in [6.07, 6.45) is 5.20. The monoisotopic (exact) mass is 219 g/mol. The highest BCUT2D eigenvalue weighted by atomic mass is 16.7. The summed E-state index contributed by atoms with van der Waals surface area (Å²) in [7, 11) is 3.06. The summed E-state index contributed by atoms with van der Waals surface area (Å²) in [5.41, 5.74) is 1.28. The van der Waals surface area contributed by atoms with Crippen LogP contribution in [0.2, 0.25) is 0 Å².